The number of rotatable bonds is 7. The molecule has 1 heterocycles. The lowest BCUT2D eigenvalue weighted by molar-refractivity contribution is -0.124. The quantitative estimate of drug-likeness (QED) is 0.429. The van der Waals surface area contributed by atoms with E-state index < -0.39 is 0 Å². The largest absolute Gasteiger partial charge is 0.382 e. The average Bonchev–Trinajstić information content (AvgIpc) is 2.81. The summed E-state index contributed by atoms with van der Waals surface area (Å²) in [6, 6.07) is 18.7. The molecular weight excluding hydrogens is 418 g/mol. The molecule has 4 rings (SSSR count). The van der Waals surface area contributed by atoms with E-state index in [0.29, 0.717) is 17.0 Å². The molecule has 3 aromatic rings. The summed E-state index contributed by atoms with van der Waals surface area (Å²) < 4.78 is 0. The Morgan fingerprint density at radius 1 is 1.06 bits per heavy atom. The van der Waals surface area contributed by atoms with Crippen LogP contribution in [-0.2, 0) is 4.79 Å². The molecule has 1 aliphatic carbocycles. The molecular formula is C27H32ClN3O. The Morgan fingerprint density at radius 2 is 1.78 bits per heavy atom. The van der Waals surface area contributed by atoms with Crippen molar-refractivity contribution in [2.75, 3.05) is 5.32 Å². The van der Waals surface area contributed by atoms with Crippen molar-refractivity contribution < 1.29 is 4.79 Å². The molecule has 1 fully saturated rings. The highest BCUT2D eigenvalue weighted by Gasteiger charge is 2.29. The van der Waals surface area contributed by atoms with Crippen LogP contribution in [0.2, 0.25) is 5.02 Å². The van der Waals surface area contributed by atoms with Crippen LogP contribution in [0.1, 0.15) is 57.4 Å². The van der Waals surface area contributed by atoms with Gasteiger partial charge in [0.05, 0.1) is 11.4 Å². The van der Waals surface area contributed by atoms with Gasteiger partial charge in [-0.1, -0.05) is 62.2 Å². The van der Waals surface area contributed by atoms with Gasteiger partial charge in [-0.15, -0.1) is 0 Å². The first-order chi connectivity index (χ1) is 15.5. The number of nitrogens with one attached hydrogen (secondary N) is 2. The number of aromatic nitrogens is 1. The highest BCUT2D eigenvalue weighted by atomic mass is 35.5. The molecule has 5 heteroatoms. The van der Waals surface area contributed by atoms with E-state index in [9.17, 15) is 4.79 Å². The highest BCUT2D eigenvalue weighted by Crippen LogP contribution is 2.30. The van der Waals surface area contributed by atoms with Gasteiger partial charge in [-0.2, -0.15) is 0 Å². The van der Waals surface area contributed by atoms with E-state index in [0.717, 1.165) is 54.3 Å². The van der Waals surface area contributed by atoms with Crippen LogP contribution in [-0.4, -0.2) is 23.0 Å². The van der Waals surface area contributed by atoms with Crippen LogP contribution < -0.4 is 10.6 Å². The minimum Gasteiger partial charge on any atom is -0.382 e. The van der Waals surface area contributed by atoms with Gasteiger partial charge in [-0.3, -0.25) is 9.78 Å². The molecule has 0 spiro atoms. The van der Waals surface area contributed by atoms with Crippen molar-refractivity contribution in [3.8, 4) is 0 Å². The number of fused-ring (bicyclic) bond motifs is 1. The molecule has 168 valence electrons. The summed E-state index contributed by atoms with van der Waals surface area (Å²) in [6.07, 6.45) is 6.84. The van der Waals surface area contributed by atoms with Crippen molar-refractivity contribution in [1.29, 1.82) is 0 Å². The van der Waals surface area contributed by atoms with E-state index in [2.05, 4.69) is 41.6 Å². The summed E-state index contributed by atoms with van der Waals surface area (Å²) in [5, 5.41) is 8.85. The molecule has 0 bridgehead atoms. The topological polar surface area (TPSA) is 54.0 Å². The standard InChI is InChI=1S/C27H32ClN3O/c1-3-18(2)26(19-7-5-4-6-8-19)27(32)31-22-12-10-21(11-13-22)30-24-15-16-29-25-17-20(28)9-14-23(24)25/h4-9,14-18,21-22,26H,3,10-13H2,1-2H3,(H,29,30)(H,31,32). The molecule has 1 aromatic heterocycles. The maximum absolute atomic E-state index is 13.2. The maximum atomic E-state index is 13.2. The molecule has 1 saturated carbocycles. The minimum absolute atomic E-state index is 0.0907. The monoisotopic (exact) mass is 449 g/mol. The van der Waals surface area contributed by atoms with Gasteiger partial charge >= 0.3 is 0 Å². The fraction of sp³-hybridized carbons (Fsp3) is 0.407. The van der Waals surface area contributed by atoms with Crippen LogP contribution in [0.25, 0.3) is 10.9 Å². The lowest BCUT2D eigenvalue weighted by Crippen LogP contribution is -2.43. The van der Waals surface area contributed by atoms with Gasteiger partial charge in [-0.25, -0.2) is 0 Å². The van der Waals surface area contributed by atoms with Gasteiger partial charge in [-0.05, 0) is 61.4 Å². The first-order valence-corrected chi connectivity index (χ1v) is 12.1. The smallest absolute Gasteiger partial charge is 0.228 e. The van der Waals surface area contributed by atoms with Gasteiger partial charge < -0.3 is 10.6 Å². The summed E-state index contributed by atoms with van der Waals surface area (Å²) in [4.78, 5) is 17.6. The summed E-state index contributed by atoms with van der Waals surface area (Å²) >= 11 is 6.12. The van der Waals surface area contributed by atoms with Crippen molar-refractivity contribution in [3.63, 3.8) is 0 Å². The lowest BCUT2D eigenvalue weighted by Gasteiger charge is -2.32. The molecule has 2 N–H and O–H groups in total. The Labute approximate surface area is 195 Å². The average molecular weight is 450 g/mol. The third-order valence-corrected chi connectivity index (χ3v) is 7.03. The Morgan fingerprint density at radius 3 is 2.50 bits per heavy atom. The third kappa shape index (κ3) is 5.24. The Bertz CT molecular complexity index is 1050. The molecule has 4 nitrogen and oxygen atoms in total. The highest BCUT2D eigenvalue weighted by molar-refractivity contribution is 6.31. The fourth-order valence-electron chi connectivity index (χ4n) is 4.77. The Balaban J connectivity index is 1.36. The van der Waals surface area contributed by atoms with Crippen LogP contribution in [0.3, 0.4) is 0 Å². The number of amides is 1. The summed E-state index contributed by atoms with van der Waals surface area (Å²) in [5.41, 5.74) is 3.11. The summed E-state index contributed by atoms with van der Waals surface area (Å²) in [5.74, 6) is 0.384. The van der Waals surface area contributed by atoms with Crippen LogP contribution in [0.15, 0.2) is 60.8 Å². The Hall–Kier alpha value is -2.59. The predicted molar refractivity (Wildman–Crippen MR) is 133 cm³/mol. The molecule has 0 saturated heterocycles. The number of carbonyl (C=O) groups excluding carboxylic acids is 1. The molecule has 1 amide bonds. The first-order valence-electron chi connectivity index (χ1n) is 11.7. The number of pyridine rings is 1. The number of halogens is 1. The number of carbonyl (C=O) groups is 1. The summed E-state index contributed by atoms with van der Waals surface area (Å²) in [7, 11) is 0. The normalized spacial score (nSPS) is 20.5. The zero-order chi connectivity index (χ0) is 22.5. The van der Waals surface area contributed by atoms with Crippen LogP contribution in [0.4, 0.5) is 5.69 Å². The van der Waals surface area contributed by atoms with Gasteiger partial charge in [0.25, 0.3) is 0 Å². The minimum atomic E-state index is -0.0907. The van der Waals surface area contributed by atoms with Crippen LogP contribution in [0.5, 0.6) is 0 Å². The predicted octanol–water partition coefficient (Wildman–Crippen LogP) is 6.56. The third-order valence-electron chi connectivity index (χ3n) is 6.79. The number of hydrogen-bond donors (Lipinski definition) is 2. The van der Waals surface area contributed by atoms with E-state index in [4.69, 9.17) is 11.6 Å². The maximum Gasteiger partial charge on any atom is 0.228 e. The van der Waals surface area contributed by atoms with Crippen molar-refractivity contribution in [2.45, 2.75) is 64.0 Å². The second-order valence-electron chi connectivity index (χ2n) is 9.00. The zero-order valence-corrected chi connectivity index (χ0v) is 19.6. The molecule has 2 unspecified atom stereocenters. The molecule has 1 aliphatic rings. The van der Waals surface area contributed by atoms with E-state index in [1.54, 1.807) is 0 Å². The number of hydrogen-bond acceptors (Lipinski definition) is 3. The second-order valence-corrected chi connectivity index (χ2v) is 9.43. The van der Waals surface area contributed by atoms with E-state index in [1.807, 2.05) is 48.7 Å². The van der Waals surface area contributed by atoms with Crippen molar-refractivity contribution in [3.05, 3.63) is 71.4 Å². The molecule has 0 aliphatic heterocycles. The van der Waals surface area contributed by atoms with E-state index in [-0.39, 0.29) is 17.9 Å². The Kier molecular flexibility index (Phi) is 7.31. The van der Waals surface area contributed by atoms with Crippen molar-refractivity contribution in [2.24, 2.45) is 5.92 Å². The van der Waals surface area contributed by atoms with Crippen molar-refractivity contribution >= 4 is 34.1 Å². The zero-order valence-electron chi connectivity index (χ0n) is 18.9. The lowest BCUT2D eigenvalue weighted by atomic mass is 9.84. The van der Waals surface area contributed by atoms with Gasteiger partial charge in [0.1, 0.15) is 0 Å². The number of benzene rings is 2. The van der Waals surface area contributed by atoms with Crippen LogP contribution in [0, 0.1) is 5.92 Å². The van der Waals surface area contributed by atoms with E-state index in [1.165, 1.54) is 0 Å². The second kappa shape index (κ2) is 10.4. The van der Waals surface area contributed by atoms with Crippen LogP contribution >= 0.6 is 11.6 Å². The number of nitrogens with zero attached hydrogens (tertiary/aromatic N) is 1. The van der Waals surface area contributed by atoms with E-state index >= 15 is 0 Å². The number of anilines is 1. The summed E-state index contributed by atoms with van der Waals surface area (Å²) in [6.45, 7) is 4.33. The molecule has 2 atom stereocenters. The molecule has 2 aromatic carbocycles. The first kappa shape index (κ1) is 22.6. The van der Waals surface area contributed by atoms with Gasteiger partial charge in [0, 0.05) is 34.4 Å². The van der Waals surface area contributed by atoms with Crippen molar-refractivity contribution in [1.82, 2.24) is 10.3 Å². The molecule has 0 radical (unpaired) electrons. The SMILES string of the molecule is CCC(C)C(C(=O)NC1CCC(Nc2ccnc3cc(Cl)ccc23)CC1)c1ccccc1. The fourth-order valence-corrected chi connectivity index (χ4v) is 4.94. The van der Waals surface area contributed by atoms with Gasteiger partial charge in [0.2, 0.25) is 5.91 Å². The molecule has 32 heavy (non-hydrogen) atoms. The van der Waals surface area contributed by atoms with Gasteiger partial charge in [0.15, 0.2) is 0 Å².